The molecule has 0 radical (unpaired) electrons. The van der Waals surface area contributed by atoms with E-state index in [1.165, 1.54) is 66.0 Å². The van der Waals surface area contributed by atoms with Crippen LogP contribution in [0, 0.1) is 0 Å². The van der Waals surface area contributed by atoms with Crippen molar-refractivity contribution in [2.45, 2.75) is 0 Å². The average molecular weight is 689 g/mol. The summed E-state index contributed by atoms with van der Waals surface area (Å²) in [6.07, 6.45) is 0. The molecule has 0 atom stereocenters. The number of rotatable bonds is 7. The van der Waals surface area contributed by atoms with Crippen molar-refractivity contribution in [1.82, 2.24) is 4.57 Å². The van der Waals surface area contributed by atoms with Gasteiger partial charge >= 0.3 is 0 Å². The summed E-state index contributed by atoms with van der Waals surface area (Å²) in [6.45, 7) is 0. The van der Waals surface area contributed by atoms with Crippen LogP contribution in [-0.2, 0) is 0 Å². The van der Waals surface area contributed by atoms with E-state index in [0.29, 0.717) is 0 Å². The first-order chi connectivity index (χ1) is 26.8. The number of hydrogen-bond acceptors (Lipinski definition) is 1. The summed E-state index contributed by atoms with van der Waals surface area (Å²) < 4.78 is 2.44. The number of nitrogens with zero attached hydrogens (tertiary/aromatic N) is 2. The lowest BCUT2D eigenvalue weighted by molar-refractivity contribution is 1.18. The van der Waals surface area contributed by atoms with E-state index >= 15 is 0 Å². The highest BCUT2D eigenvalue weighted by atomic mass is 15.1. The van der Waals surface area contributed by atoms with E-state index in [2.05, 4.69) is 228 Å². The fourth-order valence-electron chi connectivity index (χ4n) is 8.13. The first-order valence-electron chi connectivity index (χ1n) is 18.5. The van der Waals surface area contributed by atoms with Gasteiger partial charge in [-0.15, -0.1) is 0 Å². The third-order valence-electron chi connectivity index (χ3n) is 10.6. The first-order valence-corrected chi connectivity index (χ1v) is 18.5. The molecular formula is C52H36N2. The minimum atomic E-state index is 1.10. The van der Waals surface area contributed by atoms with Crippen LogP contribution in [0.4, 0.5) is 17.1 Å². The number of benzene rings is 9. The number of fused-ring (bicyclic) bond motifs is 4. The Kier molecular flexibility index (Phi) is 7.85. The third kappa shape index (κ3) is 5.44. The second kappa shape index (κ2) is 13.4. The quantitative estimate of drug-likeness (QED) is 0.162. The Morgan fingerprint density at radius 2 is 0.778 bits per heavy atom. The van der Waals surface area contributed by atoms with Crippen LogP contribution in [0.25, 0.3) is 71.6 Å². The third-order valence-corrected chi connectivity index (χ3v) is 10.6. The predicted octanol–water partition coefficient (Wildman–Crippen LogP) is 14.4. The molecule has 0 fully saturated rings. The van der Waals surface area contributed by atoms with Gasteiger partial charge in [0.05, 0.1) is 16.7 Å². The molecule has 254 valence electrons. The lowest BCUT2D eigenvalue weighted by Gasteiger charge is -2.26. The molecular weight excluding hydrogens is 653 g/mol. The van der Waals surface area contributed by atoms with E-state index in [9.17, 15) is 0 Å². The summed E-state index contributed by atoms with van der Waals surface area (Å²) in [5, 5.41) is 5.04. The molecule has 2 heteroatoms. The largest absolute Gasteiger partial charge is 0.311 e. The van der Waals surface area contributed by atoms with E-state index in [0.717, 1.165) is 22.7 Å². The summed E-state index contributed by atoms with van der Waals surface area (Å²) in [7, 11) is 0. The molecule has 54 heavy (non-hydrogen) atoms. The van der Waals surface area contributed by atoms with Crippen LogP contribution in [-0.4, -0.2) is 4.57 Å². The Morgan fingerprint density at radius 3 is 1.54 bits per heavy atom. The van der Waals surface area contributed by atoms with Gasteiger partial charge in [0.2, 0.25) is 0 Å². The van der Waals surface area contributed by atoms with Gasteiger partial charge in [-0.2, -0.15) is 0 Å². The Bertz CT molecular complexity index is 2900. The molecule has 0 saturated carbocycles. The topological polar surface area (TPSA) is 8.17 Å². The highest BCUT2D eigenvalue weighted by Gasteiger charge is 2.19. The van der Waals surface area contributed by atoms with Gasteiger partial charge in [0.25, 0.3) is 0 Å². The standard InChI is InChI=1S/C52H36N2/c1-3-15-38(16-4-1)47-25-14-28-51-52(47)48-23-10-12-27-50(48)54(51)49-26-11-9-22-46(49)40-31-35-43(36-32-40)53(41-19-5-2-6-20-41)42-33-29-39(30-34-42)45-24-13-18-37-17-7-8-21-44(37)45/h1-36H. The molecule has 2 nitrogen and oxygen atoms in total. The Hall–Kier alpha value is -7.16. The maximum Gasteiger partial charge on any atom is 0.0547 e. The summed E-state index contributed by atoms with van der Waals surface area (Å²) in [4.78, 5) is 2.33. The molecule has 0 bridgehead atoms. The zero-order chi connectivity index (χ0) is 35.8. The van der Waals surface area contributed by atoms with Gasteiger partial charge < -0.3 is 9.47 Å². The SMILES string of the molecule is c1ccc(-c2cccc3c2c2ccccc2n3-c2ccccc2-c2ccc(N(c3ccccc3)c3ccc(-c4cccc5ccccc45)cc3)cc2)cc1. The molecule has 10 aromatic rings. The normalized spacial score (nSPS) is 11.3. The minimum Gasteiger partial charge on any atom is -0.311 e. The van der Waals surface area contributed by atoms with Crippen molar-refractivity contribution < 1.29 is 0 Å². The molecule has 0 spiro atoms. The monoisotopic (exact) mass is 688 g/mol. The molecule has 0 amide bonds. The van der Waals surface area contributed by atoms with Gasteiger partial charge in [0.1, 0.15) is 0 Å². The van der Waals surface area contributed by atoms with Crippen LogP contribution < -0.4 is 4.90 Å². The van der Waals surface area contributed by atoms with Crippen molar-refractivity contribution in [2.75, 3.05) is 4.90 Å². The molecule has 0 saturated heterocycles. The van der Waals surface area contributed by atoms with Crippen LogP contribution in [0.5, 0.6) is 0 Å². The number of anilines is 3. The van der Waals surface area contributed by atoms with Crippen LogP contribution >= 0.6 is 0 Å². The fraction of sp³-hybridized carbons (Fsp3) is 0. The number of aromatic nitrogens is 1. The smallest absolute Gasteiger partial charge is 0.0547 e. The first kappa shape index (κ1) is 31.6. The molecule has 10 rings (SSSR count). The van der Waals surface area contributed by atoms with E-state index in [1.807, 2.05) is 0 Å². The Morgan fingerprint density at radius 1 is 0.296 bits per heavy atom. The summed E-state index contributed by atoms with van der Waals surface area (Å²) >= 11 is 0. The molecule has 0 aliphatic rings. The Labute approximate surface area is 315 Å². The van der Waals surface area contributed by atoms with Gasteiger partial charge in [-0.1, -0.05) is 164 Å². The lowest BCUT2D eigenvalue weighted by Crippen LogP contribution is -2.09. The minimum absolute atomic E-state index is 1.10. The summed E-state index contributed by atoms with van der Waals surface area (Å²) in [5.41, 5.74) is 14.1. The van der Waals surface area contributed by atoms with E-state index in [1.54, 1.807) is 0 Å². The van der Waals surface area contributed by atoms with Gasteiger partial charge in [-0.25, -0.2) is 0 Å². The summed E-state index contributed by atoms with van der Waals surface area (Å²) in [5.74, 6) is 0. The van der Waals surface area contributed by atoms with E-state index < -0.39 is 0 Å². The summed E-state index contributed by atoms with van der Waals surface area (Å²) in [6, 6.07) is 78.7. The highest BCUT2D eigenvalue weighted by molar-refractivity contribution is 6.16. The molecule has 1 aromatic heterocycles. The molecule has 0 aliphatic carbocycles. The second-order valence-electron chi connectivity index (χ2n) is 13.7. The molecule has 0 unspecified atom stereocenters. The van der Waals surface area contributed by atoms with Crippen LogP contribution in [0.2, 0.25) is 0 Å². The molecule has 1 heterocycles. The maximum atomic E-state index is 2.44. The molecule has 9 aromatic carbocycles. The van der Waals surface area contributed by atoms with Crippen LogP contribution in [0.15, 0.2) is 218 Å². The zero-order valence-corrected chi connectivity index (χ0v) is 29.7. The van der Waals surface area contributed by atoms with Crippen LogP contribution in [0.1, 0.15) is 0 Å². The van der Waals surface area contributed by atoms with Crippen molar-refractivity contribution in [2.24, 2.45) is 0 Å². The Balaban J connectivity index is 1.06. The number of hydrogen-bond donors (Lipinski definition) is 0. The lowest BCUT2D eigenvalue weighted by atomic mass is 9.98. The van der Waals surface area contributed by atoms with E-state index in [-0.39, 0.29) is 0 Å². The van der Waals surface area contributed by atoms with E-state index in [4.69, 9.17) is 0 Å². The number of para-hydroxylation sites is 3. The second-order valence-corrected chi connectivity index (χ2v) is 13.7. The fourth-order valence-corrected chi connectivity index (χ4v) is 8.13. The van der Waals surface area contributed by atoms with Crippen molar-refractivity contribution >= 4 is 49.6 Å². The van der Waals surface area contributed by atoms with Crippen molar-refractivity contribution in [3.05, 3.63) is 218 Å². The predicted molar refractivity (Wildman–Crippen MR) is 229 cm³/mol. The molecule has 0 aliphatic heterocycles. The van der Waals surface area contributed by atoms with Gasteiger partial charge in [0.15, 0.2) is 0 Å². The molecule has 0 N–H and O–H groups in total. The van der Waals surface area contributed by atoms with Gasteiger partial charge in [-0.05, 0) is 93.2 Å². The van der Waals surface area contributed by atoms with Crippen molar-refractivity contribution in [3.63, 3.8) is 0 Å². The van der Waals surface area contributed by atoms with Crippen LogP contribution in [0.3, 0.4) is 0 Å². The maximum absolute atomic E-state index is 2.44. The van der Waals surface area contributed by atoms with Gasteiger partial charge in [0, 0.05) is 33.4 Å². The zero-order valence-electron chi connectivity index (χ0n) is 29.7. The average Bonchev–Trinajstić information content (AvgIpc) is 3.59. The highest BCUT2D eigenvalue weighted by Crippen LogP contribution is 2.42. The van der Waals surface area contributed by atoms with Crippen molar-refractivity contribution in [1.29, 1.82) is 0 Å². The van der Waals surface area contributed by atoms with Gasteiger partial charge in [-0.3, -0.25) is 0 Å². The van der Waals surface area contributed by atoms with Crippen molar-refractivity contribution in [3.8, 4) is 39.1 Å².